The van der Waals surface area contributed by atoms with Gasteiger partial charge >= 0.3 is 0 Å². The number of halogens is 2. The van der Waals surface area contributed by atoms with Gasteiger partial charge in [-0.25, -0.2) is 8.78 Å². The molecule has 0 aliphatic rings. The van der Waals surface area contributed by atoms with Crippen LogP contribution >= 0.6 is 0 Å². The zero-order chi connectivity index (χ0) is 66.7. The second-order valence-electron chi connectivity index (χ2n) is 33.9. The highest BCUT2D eigenvalue weighted by atomic mass is 19.1. The summed E-state index contributed by atoms with van der Waals surface area (Å²) in [6.45, 7) is 49.5. The number of hydrogen-bond donors (Lipinski definition) is 2. The van der Waals surface area contributed by atoms with Crippen molar-refractivity contribution < 1.29 is 28.5 Å². The molecule has 0 amide bonds. The van der Waals surface area contributed by atoms with Gasteiger partial charge in [0.15, 0.2) is 23.0 Å². The number of hydrogen-bond acceptors (Lipinski definition) is 4. The zero-order valence-electron chi connectivity index (χ0n) is 58.6. The maximum atomic E-state index is 15.5. The Kier molecular flexibility index (Phi) is 16.9. The summed E-state index contributed by atoms with van der Waals surface area (Å²) < 4.78 is 50.3. The van der Waals surface area contributed by atoms with Gasteiger partial charge in [0.25, 0.3) is 0 Å². The van der Waals surface area contributed by atoms with E-state index in [0.717, 1.165) is 67.6 Å². The number of fused-ring (bicyclic) bond motifs is 6. The van der Waals surface area contributed by atoms with Gasteiger partial charge in [0.1, 0.15) is 23.0 Å². The van der Waals surface area contributed by atoms with Crippen LogP contribution in [-0.4, -0.2) is 32.6 Å². The molecule has 0 bridgehead atoms. The lowest BCUT2D eigenvalue weighted by molar-refractivity contribution is 0.229. The van der Waals surface area contributed by atoms with Gasteiger partial charge in [0.2, 0.25) is 0 Å². The first-order chi connectivity index (χ1) is 42.0. The van der Waals surface area contributed by atoms with Crippen molar-refractivity contribution in [3.63, 3.8) is 0 Å². The lowest BCUT2D eigenvalue weighted by Crippen LogP contribution is -2.27. The second-order valence-corrected chi connectivity index (χ2v) is 33.9. The van der Waals surface area contributed by atoms with Gasteiger partial charge in [-0.3, -0.25) is 0 Å². The molecule has 0 atom stereocenters. The van der Waals surface area contributed by atoms with Crippen LogP contribution < -0.4 is 9.47 Å². The number of ether oxygens (including phenoxy) is 2. The third kappa shape index (κ3) is 13.3. The Hall–Kier alpha value is -7.58. The average Bonchev–Trinajstić information content (AvgIpc) is 1.65. The summed E-state index contributed by atoms with van der Waals surface area (Å²) in [6.07, 6.45) is 1.91. The first-order valence-electron chi connectivity index (χ1n) is 32.8. The third-order valence-corrected chi connectivity index (χ3v) is 18.4. The van der Waals surface area contributed by atoms with Crippen LogP contribution in [0.4, 0.5) is 8.78 Å². The summed E-state index contributed by atoms with van der Waals surface area (Å²) in [5, 5.41) is 31.0. The summed E-state index contributed by atoms with van der Waals surface area (Å²) in [5.74, 6) is 0.219. The predicted octanol–water partition coefficient (Wildman–Crippen LogP) is 23.4. The molecule has 480 valence electrons. The monoisotopic (exact) mass is 1230 g/mol. The Balaban J connectivity index is 1.20. The summed E-state index contributed by atoms with van der Waals surface area (Å²) in [7, 11) is 0. The van der Waals surface area contributed by atoms with Crippen LogP contribution in [0.25, 0.3) is 77.2 Å². The molecule has 8 aromatic carbocycles. The van der Waals surface area contributed by atoms with Crippen molar-refractivity contribution in [2.75, 3.05) is 13.2 Å². The smallest absolute Gasteiger partial charge is 0.151 e. The van der Waals surface area contributed by atoms with Gasteiger partial charge in [-0.05, 0) is 174 Å². The average molecular weight is 1230 g/mol. The second kappa shape index (κ2) is 23.2. The maximum absolute atomic E-state index is 15.5. The topological polar surface area (TPSA) is 68.8 Å². The van der Waals surface area contributed by atoms with Crippen molar-refractivity contribution >= 4 is 43.6 Å². The van der Waals surface area contributed by atoms with Crippen LogP contribution in [0.5, 0.6) is 23.0 Å². The molecule has 0 saturated carbocycles. The van der Waals surface area contributed by atoms with Crippen LogP contribution in [0.15, 0.2) is 133 Å². The number of rotatable bonds is 14. The maximum Gasteiger partial charge on any atom is 0.151 e. The van der Waals surface area contributed by atoms with E-state index in [2.05, 4.69) is 234 Å². The van der Waals surface area contributed by atoms with Crippen LogP contribution in [0.1, 0.15) is 205 Å². The number of aromatic nitrogens is 2. The highest BCUT2D eigenvalue weighted by Crippen LogP contribution is 2.55. The molecular formula is C83H100F2N2O4. The number of phenols is 2. The molecule has 0 spiro atoms. The van der Waals surface area contributed by atoms with E-state index in [4.69, 9.17) is 9.47 Å². The summed E-state index contributed by atoms with van der Waals surface area (Å²) in [6, 6.07) is 43.7. The molecule has 91 heavy (non-hydrogen) atoms. The van der Waals surface area contributed by atoms with Gasteiger partial charge in [-0.15, -0.1) is 0 Å². The largest absolute Gasteiger partial charge is 0.505 e. The minimum atomic E-state index is -0.542. The van der Waals surface area contributed by atoms with Crippen LogP contribution in [0.2, 0.25) is 0 Å². The molecule has 8 heteroatoms. The minimum absolute atomic E-state index is 0.0228. The van der Waals surface area contributed by atoms with Crippen molar-refractivity contribution in [2.45, 2.75) is 204 Å². The standard InChI is InChI=1S/C83H100F2N2O4/c1-76(2,3)48-82(19,20)64-46-58(50-26-23-28-56(84)40-50)72(88)70(86-66-34-30-52(78(7,8)9)42-60(66)61-43-53(79(10,11)12)31-35-67(61)86)74(64)90-38-25-39-91-75-65(83(21,22)49-77(4,5)6)47-59(51-27-24-29-57(85)41-51)73(89)71(75)87-68-36-32-54(80(13,14)15)44-62(68)63-45-55(81(16,17)18)33-37-69(63)87/h23-24,26-37,40-47,88-89H,25,38-39,48-49H2,1-22H3. The molecule has 10 rings (SSSR count). The van der Waals surface area contributed by atoms with Crippen molar-refractivity contribution in [1.29, 1.82) is 0 Å². The first kappa shape index (κ1) is 66.3. The van der Waals surface area contributed by atoms with E-state index in [1.54, 1.807) is 12.1 Å². The Bertz CT molecular complexity index is 4000. The number of nitrogens with zero attached hydrogens (tertiary/aromatic N) is 2. The van der Waals surface area contributed by atoms with Crippen LogP contribution in [0, 0.1) is 22.5 Å². The summed E-state index contributed by atoms with van der Waals surface area (Å²) >= 11 is 0. The molecule has 0 fully saturated rings. The minimum Gasteiger partial charge on any atom is -0.505 e. The molecule has 2 N–H and O–H groups in total. The fourth-order valence-electron chi connectivity index (χ4n) is 14.4. The van der Waals surface area contributed by atoms with E-state index in [1.807, 2.05) is 24.3 Å². The fourth-order valence-corrected chi connectivity index (χ4v) is 14.4. The Morgan fingerprint density at radius 2 is 0.648 bits per heavy atom. The molecule has 2 aromatic heterocycles. The molecule has 0 unspecified atom stereocenters. The SMILES string of the molecule is CC(C)(C)CC(C)(C)c1cc(-c2cccc(F)c2)c(O)c(-n2c3ccc(C(C)(C)C)cc3c3cc(C(C)(C)C)ccc32)c1OCCCOc1c(C(C)(C)CC(C)(C)C)cc(-c2cccc(F)c2)c(O)c1-n1c2ccc(C(C)(C)C)cc2c2cc(C(C)(C)C)ccc21. The highest BCUT2D eigenvalue weighted by molar-refractivity contribution is 6.12. The lowest BCUT2D eigenvalue weighted by atomic mass is 9.71. The van der Waals surface area contributed by atoms with E-state index >= 15 is 8.78 Å². The Morgan fingerprint density at radius 1 is 0.363 bits per heavy atom. The molecular weight excluding hydrogens is 1130 g/mol. The van der Waals surface area contributed by atoms with E-state index in [-0.39, 0.29) is 57.2 Å². The molecule has 10 aromatic rings. The Labute approximate surface area is 541 Å². The Morgan fingerprint density at radius 3 is 0.901 bits per heavy atom. The number of benzene rings is 8. The summed E-state index contributed by atoms with van der Waals surface area (Å²) in [4.78, 5) is 0. The van der Waals surface area contributed by atoms with Crippen molar-refractivity contribution in [3.8, 4) is 56.6 Å². The van der Waals surface area contributed by atoms with Crippen molar-refractivity contribution in [2.24, 2.45) is 10.8 Å². The van der Waals surface area contributed by atoms with E-state index < -0.39 is 22.5 Å². The predicted molar refractivity (Wildman–Crippen MR) is 380 cm³/mol. The molecule has 2 heterocycles. The number of phenolic OH excluding ortho intramolecular Hbond substituents is 2. The lowest BCUT2D eigenvalue weighted by Gasteiger charge is -2.36. The first-order valence-corrected chi connectivity index (χ1v) is 32.8. The molecule has 0 aliphatic heterocycles. The highest BCUT2D eigenvalue weighted by Gasteiger charge is 2.38. The summed E-state index contributed by atoms with van der Waals surface area (Å²) in [5.41, 5.74) is 11.3. The molecule has 0 aliphatic carbocycles. The normalized spacial score (nSPS) is 13.4. The quantitative estimate of drug-likeness (QED) is 0.106. The van der Waals surface area contributed by atoms with E-state index in [0.29, 0.717) is 51.5 Å². The molecule has 0 radical (unpaired) electrons. The van der Waals surface area contributed by atoms with Crippen molar-refractivity contribution in [3.05, 3.63) is 178 Å². The van der Waals surface area contributed by atoms with E-state index in [1.165, 1.54) is 46.5 Å². The number of aromatic hydroxyl groups is 2. The van der Waals surface area contributed by atoms with Gasteiger partial charge in [0.05, 0.1) is 35.3 Å². The van der Waals surface area contributed by atoms with Gasteiger partial charge < -0.3 is 28.8 Å². The molecule has 0 saturated heterocycles. The zero-order valence-corrected chi connectivity index (χ0v) is 58.6. The van der Waals surface area contributed by atoms with Gasteiger partial charge in [-0.2, -0.15) is 0 Å². The van der Waals surface area contributed by atoms with Gasteiger partial charge in [-0.1, -0.05) is 201 Å². The van der Waals surface area contributed by atoms with Crippen LogP contribution in [-0.2, 0) is 32.5 Å². The van der Waals surface area contributed by atoms with E-state index in [9.17, 15) is 10.2 Å². The molecule has 6 nitrogen and oxygen atoms in total. The van der Waals surface area contributed by atoms with Gasteiger partial charge in [0, 0.05) is 50.2 Å². The fraction of sp³-hybridized carbons (Fsp3) is 0.422. The van der Waals surface area contributed by atoms with Crippen LogP contribution in [0.3, 0.4) is 0 Å². The van der Waals surface area contributed by atoms with Crippen molar-refractivity contribution in [1.82, 2.24) is 9.13 Å². The third-order valence-electron chi connectivity index (χ3n) is 18.4.